The number of amides is 2. The maximum absolute atomic E-state index is 14.4. The molecular formula is C23H24FN7O3. The van der Waals surface area contributed by atoms with Crippen LogP contribution in [0.15, 0.2) is 41.6 Å². The first-order valence-electron chi connectivity index (χ1n) is 11.0. The lowest BCUT2D eigenvalue weighted by Crippen LogP contribution is -2.36. The number of ether oxygens (including phenoxy) is 1. The van der Waals surface area contributed by atoms with Crippen LogP contribution in [0.5, 0.6) is 11.6 Å². The van der Waals surface area contributed by atoms with E-state index in [0.29, 0.717) is 23.6 Å². The summed E-state index contributed by atoms with van der Waals surface area (Å²) in [4.78, 5) is 30.9. The van der Waals surface area contributed by atoms with Crippen molar-refractivity contribution in [3.8, 4) is 11.6 Å². The van der Waals surface area contributed by atoms with Crippen molar-refractivity contribution in [3.63, 3.8) is 0 Å². The lowest BCUT2D eigenvalue weighted by molar-refractivity contribution is -0.120. The third-order valence-corrected chi connectivity index (χ3v) is 5.87. The van der Waals surface area contributed by atoms with Crippen molar-refractivity contribution in [2.75, 3.05) is 24.3 Å². The molecule has 3 heterocycles. The van der Waals surface area contributed by atoms with E-state index in [2.05, 4.69) is 20.5 Å². The van der Waals surface area contributed by atoms with Crippen molar-refractivity contribution in [2.24, 2.45) is 11.0 Å². The molecule has 0 spiro atoms. The van der Waals surface area contributed by atoms with E-state index in [1.807, 2.05) is 6.92 Å². The first kappa shape index (κ1) is 21.8. The van der Waals surface area contributed by atoms with Gasteiger partial charge in [0, 0.05) is 44.3 Å². The molecular weight excluding hydrogens is 441 g/mol. The molecule has 3 aromatic rings. The summed E-state index contributed by atoms with van der Waals surface area (Å²) in [7, 11) is 3.41. The van der Waals surface area contributed by atoms with E-state index >= 15 is 0 Å². The molecule has 2 aromatic heterocycles. The van der Waals surface area contributed by atoms with Crippen LogP contribution in [0.2, 0.25) is 0 Å². The highest BCUT2D eigenvalue weighted by atomic mass is 19.1. The summed E-state index contributed by atoms with van der Waals surface area (Å²) in [6.07, 6.45) is 3.97. The molecule has 10 nitrogen and oxygen atoms in total. The Labute approximate surface area is 195 Å². The Morgan fingerprint density at radius 2 is 2.03 bits per heavy atom. The van der Waals surface area contributed by atoms with E-state index in [1.54, 1.807) is 37.4 Å². The standard InChI is InChI=1S/C23H24FN7O3/c1-13-10-18(30(3)27-13)22(32)25-17-11-15(6-7-16(17)24)34-21-9-8-19-26-20(12-31(19)28-21)29(2)23(33)14-4-5-14/h6-9,11-12,14,18H,4-5,10H2,1-3H3,(H,25,32). The molecule has 1 aliphatic heterocycles. The zero-order valence-corrected chi connectivity index (χ0v) is 19.0. The minimum absolute atomic E-state index is 0.00617. The average Bonchev–Trinajstić information content (AvgIpc) is 3.48. The first-order chi connectivity index (χ1) is 16.3. The molecule has 0 saturated heterocycles. The van der Waals surface area contributed by atoms with E-state index in [1.165, 1.54) is 27.6 Å². The Hall–Kier alpha value is -4.02. The van der Waals surface area contributed by atoms with Crippen LogP contribution in [0.3, 0.4) is 0 Å². The van der Waals surface area contributed by atoms with Crippen LogP contribution >= 0.6 is 0 Å². The lowest BCUT2D eigenvalue weighted by Gasteiger charge is -2.18. The molecule has 176 valence electrons. The second kappa shape index (κ2) is 8.40. The van der Waals surface area contributed by atoms with Gasteiger partial charge in [0.05, 0.1) is 11.9 Å². The fourth-order valence-corrected chi connectivity index (χ4v) is 3.84. The molecule has 1 fully saturated rings. The van der Waals surface area contributed by atoms with Gasteiger partial charge in [-0.05, 0) is 38.0 Å². The zero-order chi connectivity index (χ0) is 24.0. The van der Waals surface area contributed by atoms with E-state index in [0.717, 1.165) is 18.6 Å². The summed E-state index contributed by atoms with van der Waals surface area (Å²) < 4.78 is 21.7. The van der Waals surface area contributed by atoms with Crippen LogP contribution in [0.1, 0.15) is 26.2 Å². The highest BCUT2D eigenvalue weighted by Crippen LogP contribution is 2.32. The number of likely N-dealkylation sites (N-methyl/N-ethyl adjacent to an activating group) is 1. The van der Waals surface area contributed by atoms with Gasteiger partial charge in [0.15, 0.2) is 11.5 Å². The van der Waals surface area contributed by atoms with E-state index in [-0.39, 0.29) is 29.3 Å². The molecule has 0 bridgehead atoms. The van der Waals surface area contributed by atoms with E-state index in [9.17, 15) is 14.0 Å². The summed E-state index contributed by atoms with van der Waals surface area (Å²) in [5.74, 6) is 0.254. The highest BCUT2D eigenvalue weighted by molar-refractivity contribution is 6.00. The maximum atomic E-state index is 14.4. The number of nitrogens with one attached hydrogen (secondary N) is 1. The van der Waals surface area contributed by atoms with Crippen molar-refractivity contribution in [1.82, 2.24) is 19.6 Å². The number of rotatable bonds is 6. The molecule has 5 rings (SSSR count). The summed E-state index contributed by atoms with van der Waals surface area (Å²) in [5, 5.41) is 12.8. The Balaban J connectivity index is 1.31. The number of anilines is 2. The second-order valence-corrected chi connectivity index (χ2v) is 8.61. The van der Waals surface area contributed by atoms with Gasteiger partial charge in [0.1, 0.15) is 17.6 Å². The molecule has 1 atom stereocenters. The maximum Gasteiger partial charge on any atom is 0.249 e. The van der Waals surface area contributed by atoms with Crippen LogP contribution < -0.4 is 15.0 Å². The largest absolute Gasteiger partial charge is 0.438 e. The number of hydrogen-bond donors (Lipinski definition) is 1. The average molecular weight is 465 g/mol. The lowest BCUT2D eigenvalue weighted by atomic mass is 10.1. The van der Waals surface area contributed by atoms with Gasteiger partial charge in [0.2, 0.25) is 17.7 Å². The van der Waals surface area contributed by atoms with Gasteiger partial charge in [-0.2, -0.15) is 5.10 Å². The highest BCUT2D eigenvalue weighted by Gasteiger charge is 2.33. The number of imidazole rings is 1. The fourth-order valence-electron chi connectivity index (χ4n) is 3.84. The number of hydrogen-bond acceptors (Lipinski definition) is 7. The number of hydrazone groups is 1. The SMILES string of the molecule is CC1=NN(C)C(C(=O)Nc2cc(Oc3ccc4nc(N(C)C(=O)C5CC5)cn4n3)ccc2F)C1. The fraction of sp³-hybridized carbons (Fsp3) is 0.348. The van der Waals surface area contributed by atoms with Gasteiger partial charge >= 0.3 is 0 Å². The first-order valence-corrected chi connectivity index (χ1v) is 11.0. The third kappa shape index (κ3) is 4.28. The Morgan fingerprint density at radius 1 is 1.24 bits per heavy atom. The third-order valence-electron chi connectivity index (χ3n) is 5.87. The number of halogens is 1. The van der Waals surface area contributed by atoms with Gasteiger partial charge in [-0.1, -0.05) is 0 Å². The van der Waals surface area contributed by atoms with Crippen molar-refractivity contribution >= 4 is 34.7 Å². The van der Waals surface area contributed by atoms with Crippen LogP contribution in [0, 0.1) is 11.7 Å². The van der Waals surface area contributed by atoms with Gasteiger partial charge in [-0.15, -0.1) is 5.10 Å². The second-order valence-electron chi connectivity index (χ2n) is 8.61. The summed E-state index contributed by atoms with van der Waals surface area (Å²) >= 11 is 0. The summed E-state index contributed by atoms with van der Waals surface area (Å²) in [6.45, 7) is 1.84. The van der Waals surface area contributed by atoms with E-state index in [4.69, 9.17) is 4.74 Å². The number of fused-ring (bicyclic) bond motifs is 1. The minimum Gasteiger partial charge on any atom is -0.438 e. The van der Waals surface area contributed by atoms with Gasteiger partial charge < -0.3 is 10.1 Å². The van der Waals surface area contributed by atoms with Crippen molar-refractivity contribution < 1.29 is 18.7 Å². The number of aromatic nitrogens is 3. The predicted octanol–water partition coefficient (Wildman–Crippen LogP) is 3.05. The Morgan fingerprint density at radius 3 is 2.74 bits per heavy atom. The van der Waals surface area contributed by atoms with Crippen LogP contribution in [0.4, 0.5) is 15.9 Å². The van der Waals surface area contributed by atoms with Crippen LogP contribution in [0.25, 0.3) is 5.65 Å². The number of benzene rings is 1. The molecule has 2 amide bonds. The summed E-state index contributed by atoms with van der Waals surface area (Å²) in [5.41, 5.74) is 1.40. The van der Waals surface area contributed by atoms with Crippen molar-refractivity contribution in [3.05, 3.63) is 42.3 Å². The predicted molar refractivity (Wildman–Crippen MR) is 124 cm³/mol. The molecule has 0 radical (unpaired) electrons. The molecule has 1 N–H and O–H groups in total. The Kier molecular flexibility index (Phi) is 5.39. The zero-order valence-electron chi connectivity index (χ0n) is 19.0. The van der Waals surface area contributed by atoms with Crippen molar-refractivity contribution in [1.29, 1.82) is 0 Å². The molecule has 34 heavy (non-hydrogen) atoms. The quantitative estimate of drug-likeness (QED) is 0.600. The van der Waals surface area contributed by atoms with Crippen LogP contribution in [-0.4, -0.2) is 57.3 Å². The number of carbonyl (C=O) groups is 2. The van der Waals surface area contributed by atoms with Crippen molar-refractivity contribution in [2.45, 2.75) is 32.2 Å². The molecule has 1 aliphatic carbocycles. The molecule has 1 aromatic carbocycles. The molecule has 1 unspecified atom stereocenters. The minimum atomic E-state index is -0.579. The molecule has 2 aliphatic rings. The molecule has 11 heteroatoms. The Bertz CT molecular complexity index is 1320. The summed E-state index contributed by atoms with van der Waals surface area (Å²) in [6, 6.07) is 6.93. The van der Waals surface area contributed by atoms with Gasteiger partial charge in [-0.3, -0.25) is 19.5 Å². The van der Waals surface area contributed by atoms with E-state index < -0.39 is 11.9 Å². The molecule has 1 saturated carbocycles. The van der Waals surface area contributed by atoms with Gasteiger partial charge in [-0.25, -0.2) is 13.9 Å². The van der Waals surface area contributed by atoms with Crippen LogP contribution in [-0.2, 0) is 9.59 Å². The number of nitrogens with zero attached hydrogens (tertiary/aromatic N) is 6. The van der Waals surface area contributed by atoms with Gasteiger partial charge in [0.25, 0.3) is 0 Å². The number of carbonyl (C=O) groups excluding carboxylic acids is 2. The smallest absolute Gasteiger partial charge is 0.249 e. The normalized spacial score (nSPS) is 17.6. The monoisotopic (exact) mass is 465 g/mol. The topological polar surface area (TPSA) is 104 Å².